The van der Waals surface area contributed by atoms with Crippen LogP contribution in [0.4, 0.5) is 10.1 Å². The molecular weight excluding hydrogens is 458 g/mol. The number of rotatable bonds is 8. The van der Waals surface area contributed by atoms with Crippen molar-refractivity contribution in [2.24, 2.45) is 4.99 Å². The minimum absolute atomic E-state index is 0. The first-order valence-electron chi connectivity index (χ1n) is 9.76. The highest BCUT2D eigenvalue weighted by atomic mass is 127. The van der Waals surface area contributed by atoms with Crippen molar-refractivity contribution < 1.29 is 9.13 Å². The average Bonchev–Trinajstić information content (AvgIpc) is 2.65. The highest BCUT2D eigenvalue weighted by Crippen LogP contribution is 2.17. The van der Waals surface area contributed by atoms with E-state index in [4.69, 9.17) is 9.73 Å². The molecule has 1 N–H and O–H groups in total. The van der Waals surface area contributed by atoms with Gasteiger partial charge in [0, 0.05) is 46.4 Å². The molecule has 1 aromatic carbocycles. The van der Waals surface area contributed by atoms with Gasteiger partial charge in [0.15, 0.2) is 5.96 Å². The molecule has 0 spiro atoms. The number of piperidine rings is 1. The molecule has 1 aliphatic rings. The Morgan fingerprint density at radius 2 is 2.00 bits per heavy atom. The van der Waals surface area contributed by atoms with Crippen molar-refractivity contribution in [1.82, 2.24) is 10.2 Å². The Labute approximate surface area is 180 Å². The van der Waals surface area contributed by atoms with Gasteiger partial charge in [0.2, 0.25) is 0 Å². The number of aliphatic imine (C=N–C) groups is 1. The van der Waals surface area contributed by atoms with E-state index >= 15 is 0 Å². The molecule has 1 fully saturated rings. The first-order valence-corrected chi connectivity index (χ1v) is 9.76. The zero-order valence-electron chi connectivity index (χ0n) is 16.8. The number of ether oxygens (including phenoxy) is 1. The molecule has 154 valence electrons. The van der Waals surface area contributed by atoms with Gasteiger partial charge in [-0.2, -0.15) is 0 Å². The predicted molar refractivity (Wildman–Crippen MR) is 122 cm³/mol. The van der Waals surface area contributed by atoms with Crippen LogP contribution >= 0.6 is 24.0 Å². The molecule has 0 amide bonds. The second kappa shape index (κ2) is 13.1. The maximum atomic E-state index is 13.8. The Morgan fingerprint density at radius 3 is 2.63 bits per heavy atom. The lowest BCUT2D eigenvalue weighted by Crippen LogP contribution is -2.47. The van der Waals surface area contributed by atoms with E-state index in [2.05, 4.69) is 24.1 Å². The van der Waals surface area contributed by atoms with Crippen LogP contribution in [0.5, 0.6) is 0 Å². The number of hydrogen-bond donors (Lipinski definition) is 1. The van der Waals surface area contributed by atoms with E-state index in [0.717, 1.165) is 64.6 Å². The number of guanidine groups is 1. The van der Waals surface area contributed by atoms with Gasteiger partial charge in [-0.25, -0.2) is 4.39 Å². The summed E-state index contributed by atoms with van der Waals surface area (Å²) in [6.07, 6.45) is 3.37. The highest BCUT2D eigenvalue weighted by molar-refractivity contribution is 14.0. The Balaban J connectivity index is 0.00000364. The number of anilines is 1. The quantitative estimate of drug-likeness (QED) is 0.260. The van der Waals surface area contributed by atoms with Crippen LogP contribution in [0, 0.1) is 5.82 Å². The van der Waals surface area contributed by atoms with Crippen LogP contribution in [0.2, 0.25) is 0 Å². The van der Waals surface area contributed by atoms with E-state index in [9.17, 15) is 4.39 Å². The lowest BCUT2D eigenvalue weighted by atomic mass is 10.1. The highest BCUT2D eigenvalue weighted by Gasteiger charge is 2.21. The molecule has 1 aromatic rings. The van der Waals surface area contributed by atoms with Crippen LogP contribution in [-0.4, -0.2) is 63.3 Å². The number of hydrogen-bond acceptors (Lipinski definition) is 3. The molecule has 0 atom stereocenters. The van der Waals surface area contributed by atoms with Crippen LogP contribution in [0.15, 0.2) is 29.3 Å². The van der Waals surface area contributed by atoms with Crippen molar-refractivity contribution in [2.45, 2.75) is 39.2 Å². The van der Waals surface area contributed by atoms with E-state index in [1.165, 1.54) is 6.07 Å². The molecule has 0 bridgehead atoms. The van der Waals surface area contributed by atoms with Crippen LogP contribution in [0.3, 0.4) is 0 Å². The second-order valence-electron chi connectivity index (χ2n) is 6.60. The van der Waals surface area contributed by atoms with Gasteiger partial charge in [-0.15, -0.1) is 24.0 Å². The Bertz CT molecular complexity index is 565. The molecule has 1 heterocycles. The smallest absolute Gasteiger partial charge is 0.193 e. The van der Waals surface area contributed by atoms with Gasteiger partial charge in [0.05, 0.1) is 11.8 Å². The van der Waals surface area contributed by atoms with Crippen LogP contribution < -0.4 is 10.2 Å². The summed E-state index contributed by atoms with van der Waals surface area (Å²) >= 11 is 0. The standard InChI is InChI=1S/C20H33FN4O.HI/c1-4-22-20(25-15-11-17(12-16-25)26-5-2)23-13-8-14-24(3)19-10-7-6-9-18(19)21;/h6-7,9-10,17H,4-5,8,11-16H2,1-3H3,(H,22,23);1H. The fraction of sp³-hybridized carbons (Fsp3) is 0.650. The molecule has 0 radical (unpaired) electrons. The largest absolute Gasteiger partial charge is 0.378 e. The second-order valence-corrected chi connectivity index (χ2v) is 6.60. The summed E-state index contributed by atoms with van der Waals surface area (Å²) in [7, 11) is 1.92. The van der Waals surface area contributed by atoms with Crippen molar-refractivity contribution >= 4 is 35.6 Å². The van der Waals surface area contributed by atoms with Gasteiger partial charge in [-0.05, 0) is 45.2 Å². The van der Waals surface area contributed by atoms with E-state index in [1.807, 2.05) is 24.1 Å². The molecule has 0 saturated carbocycles. The number of para-hydroxylation sites is 1. The van der Waals surface area contributed by atoms with E-state index in [-0.39, 0.29) is 29.8 Å². The summed E-state index contributed by atoms with van der Waals surface area (Å²) < 4.78 is 19.5. The minimum Gasteiger partial charge on any atom is -0.378 e. The summed E-state index contributed by atoms with van der Waals surface area (Å²) in [6, 6.07) is 6.89. The number of nitrogens with zero attached hydrogens (tertiary/aromatic N) is 3. The van der Waals surface area contributed by atoms with Gasteiger partial charge >= 0.3 is 0 Å². The van der Waals surface area contributed by atoms with Gasteiger partial charge in [-0.3, -0.25) is 4.99 Å². The zero-order valence-corrected chi connectivity index (χ0v) is 19.1. The molecule has 1 saturated heterocycles. The molecule has 7 heteroatoms. The fourth-order valence-corrected chi connectivity index (χ4v) is 3.27. The maximum absolute atomic E-state index is 13.8. The SMILES string of the molecule is CCNC(=NCCCN(C)c1ccccc1F)N1CCC(OCC)CC1.I. The van der Waals surface area contributed by atoms with Gasteiger partial charge < -0.3 is 19.9 Å². The van der Waals surface area contributed by atoms with Crippen LogP contribution in [-0.2, 0) is 4.74 Å². The minimum atomic E-state index is -0.177. The topological polar surface area (TPSA) is 40.1 Å². The van der Waals surface area contributed by atoms with E-state index < -0.39 is 0 Å². The third kappa shape index (κ3) is 7.81. The zero-order chi connectivity index (χ0) is 18.8. The summed E-state index contributed by atoms with van der Waals surface area (Å²) in [4.78, 5) is 9.04. The van der Waals surface area contributed by atoms with Crippen LogP contribution in [0.1, 0.15) is 33.1 Å². The fourth-order valence-electron chi connectivity index (χ4n) is 3.27. The first kappa shape index (κ1) is 23.9. The lowest BCUT2D eigenvalue weighted by Gasteiger charge is -2.34. The van der Waals surface area contributed by atoms with E-state index in [0.29, 0.717) is 11.8 Å². The van der Waals surface area contributed by atoms with Crippen molar-refractivity contribution in [3.05, 3.63) is 30.1 Å². The maximum Gasteiger partial charge on any atom is 0.193 e. The van der Waals surface area contributed by atoms with Crippen LogP contribution in [0.25, 0.3) is 0 Å². The molecule has 0 aromatic heterocycles. The first-order chi connectivity index (χ1) is 12.7. The number of likely N-dealkylation sites (tertiary alicyclic amines) is 1. The molecule has 5 nitrogen and oxygen atoms in total. The summed E-state index contributed by atoms with van der Waals surface area (Å²) in [5, 5.41) is 3.39. The van der Waals surface area contributed by atoms with Gasteiger partial charge in [0.25, 0.3) is 0 Å². The molecule has 2 rings (SSSR count). The number of nitrogens with one attached hydrogen (secondary N) is 1. The molecule has 27 heavy (non-hydrogen) atoms. The van der Waals surface area contributed by atoms with Gasteiger partial charge in [-0.1, -0.05) is 12.1 Å². The van der Waals surface area contributed by atoms with Crippen molar-refractivity contribution in [3.8, 4) is 0 Å². The molecule has 1 aliphatic heterocycles. The predicted octanol–water partition coefficient (Wildman–Crippen LogP) is 3.74. The lowest BCUT2D eigenvalue weighted by molar-refractivity contribution is 0.0264. The monoisotopic (exact) mass is 492 g/mol. The Kier molecular flexibility index (Phi) is 11.7. The number of benzene rings is 1. The Morgan fingerprint density at radius 1 is 1.30 bits per heavy atom. The summed E-state index contributed by atoms with van der Waals surface area (Å²) in [6.45, 7) is 9.25. The molecule has 0 unspecified atom stereocenters. The van der Waals surface area contributed by atoms with E-state index in [1.54, 1.807) is 6.07 Å². The summed E-state index contributed by atoms with van der Waals surface area (Å²) in [5.41, 5.74) is 0.640. The van der Waals surface area contributed by atoms with Crippen molar-refractivity contribution in [2.75, 3.05) is 51.3 Å². The molecule has 0 aliphatic carbocycles. The third-order valence-electron chi connectivity index (χ3n) is 4.66. The summed E-state index contributed by atoms with van der Waals surface area (Å²) in [5.74, 6) is 0.806. The Hall–Kier alpha value is -1.09. The molecular formula is C20H34FIN4O. The van der Waals surface area contributed by atoms with Crippen molar-refractivity contribution in [3.63, 3.8) is 0 Å². The van der Waals surface area contributed by atoms with Crippen molar-refractivity contribution in [1.29, 1.82) is 0 Å². The van der Waals surface area contributed by atoms with Gasteiger partial charge in [0.1, 0.15) is 5.82 Å². The normalized spacial score (nSPS) is 15.4. The average molecular weight is 492 g/mol. The number of halogens is 2. The third-order valence-corrected chi connectivity index (χ3v) is 4.66.